The molecule has 118 valence electrons. The number of methoxy groups -OCH3 is 1. The lowest BCUT2D eigenvalue weighted by molar-refractivity contribution is -0.118. The molecule has 7 nitrogen and oxygen atoms in total. The smallest absolute Gasteiger partial charge is 0.350 e. The second-order valence-electron chi connectivity index (χ2n) is 4.37. The molecule has 0 spiro atoms. The fourth-order valence-electron chi connectivity index (χ4n) is 1.72. The first-order chi connectivity index (χ1) is 11.0. The summed E-state index contributed by atoms with van der Waals surface area (Å²) in [6.45, 7) is 1.38. The van der Waals surface area contributed by atoms with Crippen molar-refractivity contribution >= 4 is 28.3 Å². The van der Waals surface area contributed by atoms with E-state index in [0.29, 0.717) is 21.9 Å². The van der Waals surface area contributed by atoms with E-state index >= 15 is 0 Å². The number of carbonyl (C=O) groups is 2. The van der Waals surface area contributed by atoms with Crippen LogP contribution in [-0.4, -0.2) is 30.6 Å². The highest BCUT2D eigenvalue weighted by Gasteiger charge is 2.17. The van der Waals surface area contributed by atoms with E-state index in [0.717, 1.165) is 11.3 Å². The molecule has 0 fully saturated rings. The molecule has 0 aliphatic rings. The highest BCUT2D eigenvalue weighted by atomic mass is 32.1. The minimum atomic E-state index is -0.500. The Hall–Kier alpha value is -2.92. The van der Waals surface area contributed by atoms with Crippen LogP contribution in [0.1, 0.15) is 20.9 Å². The van der Waals surface area contributed by atoms with Gasteiger partial charge in [0.1, 0.15) is 16.7 Å². The van der Waals surface area contributed by atoms with Crippen LogP contribution >= 0.6 is 11.3 Å². The molecule has 8 heteroatoms. The zero-order valence-corrected chi connectivity index (χ0v) is 13.3. The average Bonchev–Trinajstić information content (AvgIpc) is 2.92. The standard InChI is InChI=1S/C15H13N3O4S/c1-9-13(14(20)21-2)23-15(17-9)18-12(19)8-22-11-6-4-3-5-10(11)7-16/h3-6H,8H2,1-2H3,(H,17,18,19). The van der Waals surface area contributed by atoms with E-state index in [1.165, 1.54) is 7.11 Å². The highest BCUT2D eigenvalue weighted by Crippen LogP contribution is 2.23. The van der Waals surface area contributed by atoms with Crippen LogP contribution in [0.25, 0.3) is 0 Å². The lowest BCUT2D eigenvalue weighted by Gasteiger charge is -2.06. The number of nitriles is 1. The van der Waals surface area contributed by atoms with Gasteiger partial charge in [-0.2, -0.15) is 5.26 Å². The Kier molecular flexibility index (Phi) is 5.28. The molecule has 1 amide bonds. The van der Waals surface area contributed by atoms with Crippen molar-refractivity contribution in [3.05, 3.63) is 40.4 Å². The summed E-state index contributed by atoms with van der Waals surface area (Å²) < 4.78 is 9.95. The van der Waals surface area contributed by atoms with Crippen molar-refractivity contribution in [2.75, 3.05) is 19.0 Å². The number of amides is 1. The summed E-state index contributed by atoms with van der Waals surface area (Å²) in [7, 11) is 1.28. The zero-order valence-electron chi connectivity index (χ0n) is 12.5. The summed E-state index contributed by atoms with van der Waals surface area (Å²) in [6.07, 6.45) is 0. The van der Waals surface area contributed by atoms with Gasteiger partial charge in [-0.3, -0.25) is 10.1 Å². The second kappa shape index (κ2) is 7.38. The summed E-state index contributed by atoms with van der Waals surface area (Å²) in [5.41, 5.74) is 0.825. The predicted molar refractivity (Wildman–Crippen MR) is 83.5 cm³/mol. The van der Waals surface area contributed by atoms with E-state index in [-0.39, 0.29) is 11.7 Å². The number of esters is 1. The maximum atomic E-state index is 11.9. The molecule has 23 heavy (non-hydrogen) atoms. The van der Waals surface area contributed by atoms with E-state index < -0.39 is 11.9 Å². The number of ether oxygens (including phenoxy) is 2. The van der Waals surface area contributed by atoms with Gasteiger partial charge in [-0.1, -0.05) is 23.5 Å². The number of aryl methyl sites for hydroxylation is 1. The monoisotopic (exact) mass is 331 g/mol. The van der Waals surface area contributed by atoms with Crippen molar-refractivity contribution in [3.8, 4) is 11.8 Å². The number of anilines is 1. The number of aromatic nitrogens is 1. The summed E-state index contributed by atoms with van der Waals surface area (Å²) in [4.78, 5) is 27.8. The first-order valence-electron chi connectivity index (χ1n) is 6.52. The molecule has 0 unspecified atom stereocenters. The van der Waals surface area contributed by atoms with E-state index in [9.17, 15) is 9.59 Å². The normalized spacial score (nSPS) is 9.78. The number of thiazole rings is 1. The predicted octanol–water partition coefficient (Wildman–Crippen LogP) is 2.13. The molecule has 1 aromatic carbocycles. The third-order valence-corrected chi connectivity index (χ3v) is 3.83. The van der Waals surface area contributed by atoms with Crippen molar-refractivity contribution in [3.63, 3.8) is 0 Å². The molecular weight excluding hydrogens is 318 g/mol. The minimum Gasteiger partial charge on any atom is -0.482 e. The van der Waals surface area contributed by atoms with Crippen LogP contribution in [0, 0.1) is 18.3 Å². The Morgan fingerprint density at radius 3 is 2.83 bits per heavy atom. The van der Waals surface area contributed by atoms with Crippen molar-refractivity contribution in [2.45, 2.75) is 6.92 Å². The van der Waals surface area contributed by atoms with Crippen LogP contribution in [0.15, 0.2) is 24.3 Å². The molecule has 0 aliphatic heterocycles. The van der Waals surface area contributed by atoms with Gasteiger partial charge < -0.3 is 9.47 Å². The Morgan fingerprint density at radius 2 is 2.13 bits per heavy atom. The molecule has 0 atom stereocenters. The van der Waals surface area contributed by atoms with Crippen molar-refractivity contribution in [1.29, 1.82) is 5.26 Å². The molecule has 0 bridgehead atoms. The van der Waals surface area contributed by atoms with Gasteiger partial charge in [-0.15, -0.1) is 0 Å². The van der Waals surface area contributed by atoms with Crippen LogP contribution in [0.5, 0.6) is 5.75 Å². The number of rotatable bonds is 5. The molecule has 0 radical (unpaired) electrons. The van der Waals surface area contributed by atoms with Gasteiger partial charge >= 0.3 is 5.97 Å². The number of nitrogens with zero attached hydrogens (tertiary/aromatic N) is 2. The van der Waals surface area contributed by atoms with Gasteiger partial charge in [0, 0.05) is 0 Å². The first kappa shape index (κ1) is 16.5. The fourth-order valence-corrected chi connectivity index (χ4v) is 2.62. The third-order valence-electron chi connectivity index (χ3n) is 2.78. The zero-order chi connectivity index (χ0) is 16.8. The van der Waals surface area contributed by atoms with Gasteiger partial charge in [0.2, 0.25) is 0 Å². The molecule has 1 aromatic heterocycles. The third kappa shape index (κ3) is 4.05. The number of hydrogen-bond acceptors (Lipinski definition) is 7. The molecule has 0 saturated heterocycles. The number of para-hydroxylation sites is 1. The van der Waals surface area contributed by atoms with Crippen molar-refractivity contribution in [1.82, 2.24) is 4.98 Å². The van der Waals surface area contributed by atoms with Gasteiger partial charge in [0.05, 0.1) is 18.4 Å². The lowest BCUT2D eigenvalue weighted by atomic mass is 10.2. The fraction of sp³-hybridized carbons (Fsp3) is 0.200. The maximum Gasteiger partial charge on any atom is 0.350 e. The van der Waals surface area contributed by atoms with Crippen LogP contribution < -0.4 is 10.1 Å². The summed E-state index contributed by atoms with van der Waals surface area (Å²) in [6, 6.07) is 8.60. The summed E-state index contributed by atoms with van der Waals surface area (Å²) in [5, 5.41) is 11.8. The van der Waals surface area contributed by atoms with E-state index in [1.54, 1.807) is 31.2 Å². The molecular formula is C15H13N3O4S. The van der Waals surface area contributed by atoms with E-state index in [4.69, 9.17) is 10.00 Å². The second-order valence-corrected chi connectivity index (χ2v) is 5.37. The maximum absolute atomic E-state index is 11.9. The van der Waals surface area contributed by atoms with E-state index in [1.807, 2.05) is 6.07 Å². The quantitative estimate of drug-likeness (QED) is 0.842. The van der Waals surface area contributed by atoms with Gasteiger partial charge in [0.25, 0.3) is 5.91 Å². The topological polar surface area (TPSA) is 101 Å². The average molecular weight is 331 g/mol. The molecule has 0 aliphatic carbocycles. The van der Waals surface area contributed by atoms with Crippen LogP contribution in [0.2, 0.25) is 0 Å². The minimum absolute atomic E-state index is 0.273. The van der Waals surface area contributed by atoms with Gasteiger partial charge in [0.15, 0.2) is 11.7 Å². The summed E-state index contributed by atoms with van der Waals surface area (Å²) >= 11 is 1.02. The Morgan fingerprint density at radius 1 is 1.39 bits per heavy atom. The van der Waals surface area contributed by atoms with Crippen LogP contribution in [-0.2, 0) is 9.53 Å². The van der Waals surface area contributed by atoms with E-state index in [2.05, 4.69) is 15.0 Å². The number of carbonyl (C=O) groups excluding carboxylic acids is 2. The largest absolute Gasteiger partial charge is 0.482 e. The number of benzene rings is 1. The highest BCUT2D eigenvalue weighted by molar-refractivity contribution is 7.17. The Bertz CT molecular complexity index is 779. The summed E-state index contributed by atoms with van der Waals surface area (Å²) in [5.74, 6) is -0.613. The molecule has 0 saturated carbocycles. The van der Waals surface area contributed by atoms with Crippen molar-refractivity contribution < 1.29 is 19.1 Å². The number of nitrogens with one attached hydrogen (secondary N) is 1. The molecule has 1 N–H and O–H groups in total. The lowest BCUT2D eigenvalue weighted by Crippen LogP contribution is -2.20. The first-order valence-corrected chi connectivity index (χ1v) is 7.34. The molecule has 1 heterocycles. The molecule has 2 aromatic rings. The Balaban J connectivity index is 1.98. The molecule has 2 rings (SSSR count). The Labute approximate surface area is 136 Å². The van der Waals surface area contributed by atoms with Crippen LogP contribution in [0.3, 0.4) is 0 Å². The number of hydrogen-bond donors (Lipinski definition) is 1. The van der Waals surface area contributed by atoms with Gasteiger partial charge in [-0.25, -0.2) is 9.78 Å². The van der Waals surface area contributed by atoms with Crippen molar-refractivity contribution in [2.24, 2.45) is 0 Å². The SMILES string of the molecule is COC(=O)c1sc(NC(=O)COc2ccccc2C#N)nc1C. The van der Waals surface area contributed by atoms with Crippen LogP contribution in [0.4, 0.5) is 5.13 Å². The van der Waals surface area contributed by atoms with Gasteiger partial charge in [-0.05, 0) is 19.1 Å².